The van der Waals surface area contributed by atoms with Crippen LogP contribution >= 0.6 is 0 Å². The number of aryl methyl sites for hydroxylation is 1. The van der Waals surface area contributed by atoms with Crippen LogP contribution in [-0.4, -0.2) is 57.9 Å². The molecule has 2 N–H and O–H groups in total. The minimum Gasteiger partial charge on any atom is -0.357 e. The van der Waals surface area contributed by atoms with Crippen LogP contribution in [0, 0.1) is 5.82 Å². The minimum atomic E-state index is -0.272. The molecule has 4 heterocycles. The van der Waals surface area contributed by atoms with Gasteiger partial charge in [-0.05, 0) is 38.3 Å². The number of guanidine groups is 1. The molecule has 1 atom stereocenters. The van der Waals surface area contributed by atoms with Gasteiger partial charge in [0.1, 0.15) is 11.6 Å². The zero-order valence-corrected chi connectivity index (χ0v) is 17.6. The van der Waals surface area contributed by atoms with Crippen LogP contribution in [0.4, 0.5) is 10.2 Å². The van der Waals surface area contributed by atoms with Crippen molar-refractivity contribution >= 4 is 11.8 Å². The van der Waals surface area contributed by atoms with E-state index < -0.39 is 0 Å². The predicted octanol–water partition coefficient (Wildman–Crippen LogP) is 1.92. The summed E-state index contributed by atoms with van der Waals surface area (Å²) in [6.45, 7) is 5.99. The van der Waals surface area contributed by atoms with E-state index in [1.54, 1.807) is 12.3 Å². The average Bonchev–Trinajstić information content (AvgIpc) is 3.28. The third kappa shape index (κ3) is 4.88. The molecule has 1 saturated heterocycles. The quantitative estimate of drug-likeness (QED) is 0.555. The second-order valence-electron chi connectivity index (χ2n) is 7.89. The molecule has 0 saturated carbocycles. The third-order valence-electron chi connectivity index (χ3n) is 5.70. The molecule has 2 aromatic heterocycles. The fourth-order valence-corrected chi connectivity index (χ4v) is 4.19. The normalized spacial score (nSPS) is 19.5. The number of anilines is 1. The van der Waals surface area contributed by atoms with Gasteiger partial charge < -0.3 is 20.1 Å². The Labute approximate surface area is 177 Å². The molecule has 30 heavy (non-hydrogen) atoms. The number of hydrogen-bond acceptors (Lipinski definition) is 5. The Balaban J connectivity index is 1.33. The molecular weight excluding hydrogens is 383 g/mol. The van der Waals surface area contributed by atoms with Crippen LogP contribution in [0.25, 0.3) is 0 Å². The van der Waals surface area contributed by atoms with Gasteiger partial charge in [0.25, 0.3) is 0 Å². The molecule has 9 heteroatoms. The van der Waals surface area contributed by atoms with Gasteiger partial charge >= 0.3 is 0 Å². The smallest absolute Gasteiger partial charge is 0.191 e. The third-order valence-corrected chi connectivity index (χ3v) is 5.70. The average molecular weight is 415 g/mol. The standard InChI is InChI=1S/C21H31FN8/c1-2-23-21(25-12-9-19-28-27-18-8-4-3-5-13-30(18)19)26-16-10-14-29(15-16)20-17(22)7-6-11-24-20/h6-7,11,16H,2-5,8-10,12-15H2,1H3,(H2,23,25,26). The number of aliphatic imine (C=N–C) groups is 1. The summed E-state index contributed by atoms with van der Waals surface area (Å²) in [5, 5.41) is 15.6. The summed E-state index contributed by atoms with van der Waals surface area (Å²) in [7, 11) is 0. The maximum Gasteiger partial charge on any atom is 0.191 e. The number of rotatable bonds is 6. The van der Waals surface area contributed by atoms with Gasteiger partial charge in [-0.15, -0.1) is 10.2 Å². The van der Waals surface area contributed by atoms with E-state index in [2.05, 4.69) is 37.3 Å². The van der Waals surface area contributed by atoms with Crippen LogP contribution in [0.5, 0.6) is 0 Å². The van der Waals surface area contributed by atoms with Crippen molar-refractivity contribution in [3.8, 4) is 0 Å². The first-order valence-electron chi connectivity index (χ1n) is 11.1. The molecule has 2 aromatic rings. The first-order valence-corrected chi connectivity index (χ1v) is 11.1. The second-order valence-corrected chi connectivity index (χ2v) is 7.89. The largest absolute Gasteiger partial charge is 0.357 e. The topological polar surface area (TPSA) is 83.3 Å². The lowest BCUT2D eigenvalue weighted by atomic mass is 10.2. The Morgan fingerprint density at radius 3 is 3.07 bits per heavy atom. The molecule has 162 valence electrons. The van der Waals surface area contributed by atoms with Crippen molar-refractivity contribution in [2.75, 3.05) is 31.1 Å². The van der Waals surface area contributed by atoms with Crippen molar-refractivity contribution in [1.82, 2.24) is 30.4 Å². The van der Waals surface area contributed by atoms with E-state index >= 15 is 0 Å². The van der Waals surface area contributed by atoms with Crippen molar-refractivity contribution in [2.24, 2.45) is 4.99 Å². The molecule has 0 spiro atoms. The van der Waals surface area contributed by atoms with Crippen LogP contribution in [0.1, 0.15) is 44.3 Å². The predicted molar refractivity (Wildman–Crippen MR) is 115 cm³/mol. The lowest BCUT2D eigenvalue weighted by molar-refractivity contribution is 0.603. The minimum absolute atomic E-state index is 0.202. The monoisotopic (exact) mass is 414 g/mol. The number of aromatic nitrogens is 4. The van der Waals surface area contributed by atoms with Gasteiger partial charge in [-0.3, -0.25) is 4.99 Å². The van der Waals surface area contributed by atoms with Crippen molar-refractivity contribution in [3.63, 3.8) is 0 Å². The molecule has 0 amide bonds. The van der Waals surface area contributed by atoms with Crippen molar-refractivity contribution in [3.05, 3.63) is 35.8 Å². The molecule has 2 aliphatic rings. The summed E-state index contributed by atoms with van der Waals surface area (Å²) in [6.07, 6.45) is 8.01. The Hall–Kier alpha value is -2.71. The summed E-state index contributed by atoms with van der Waals surface area (Å²) < 4.78 is 16.3. The van der Waals surface area contributed by atoms with E-state index in [-0.39, 0.29) is 11.9 Å². The summed E-state index contributed by atoms with van der Waals surface area (Å²) >= 11 is 0. The molecular formula is C21H31FN8. The highest BCUT2D eigenvalue weighted by molar-refractivity contribution is 5.80. The molecule has 1 fully saturated rings. The Morgan fingerprint density at radius 1 is 1.27 bits per heavy atom. The van der Waals surface area contributed by atoms with Gasteiger partial charge in [-0.1, -0.05) is 6.42 Å². The second kappa shape index (κ2) is 9.86. The number of hydrogen-bond donors (Lipinski definition) is 2. The van der Waals surface area contributed by atoms with E-state index in [9.17, 15) is 4.39 Å². The van der Waals surface area contributed by atoms with Crippen LogP contribution < -0.4 is 15.5 Å². The van der Waals surface area contributed by atoms with Gasteiger partial charge in [-0.25, -0.2) is 9.37 Å². The molecule has 0 aromatic carbocycles. The van der Waals surface area contributed by atoms with Crippen molar-refractivity contribution in [1.29, 1.82) is 0 Å². The molecule has 1 unspecified atom stereocenters. The fraction of sp³-hybridized carbons (Fsp3) is 0.619. The van der Waals surface area contributed by atoms with Gasteiger partial charge in [0.15, 0.2) is 17.6 Å². The zero-order chi connectivity index (χ0) is 20.8. The number of halogens is 1. The maximum absolute atomic E-state index is 14.0. The highest BCUT2D eigenvalue weighted by Crippen LogP contribution is 2.20. The van der Waals surface area contributed by atoms with Crippen molar-refractivity contribution < 1.29 is 4.39 Å². The fourth-order valence-electron chi connectivity index (χ4n) is 4.19. The van der Waals surface area contributed by atoms with E-state index in [4.69, 9.17) is 4.99 Å². The van der Waals surface area contributed by atoms with Gasteiger partial charge in [0, 0.05) is 57.8 Å². The Morgan fingerprint density at radius 2 is 2.20 bits per heavy atom. The Bertz CT molecular complexity index is 864. The lowest BCUT2D eigenvalue weighted by Gasteiger charge is -2.20. The van der Waals surface area contributed by atoms with Gasteiger partial charge in [0.2, 0.25) is 0 Å². The number of pyridine rings is 1. The SMILES string of the molecule is CCNC(=NCCc1nnc2n1CCCCC2)NC1CCN(c2ncccc2F)C1. The van der Waals surface area contributed by atoms with Crippen LogP contribution in [0.2, 0.25) is 0 Å². The molecule has 0 bridgehead atoms. The summed E-state index contributed by atoms with van der Waals surface area (Å²) in [5.74, 6) is 3.09. The Kier molecular flexibility index (Phi) is 6.76. The zero-order valence-electron chi connectivity index (χ0n) is 17.6. The number of nitrogens with zero attached hydrogens (tertiary/aromatic N) is 6. The first kappa shape index (κ1) is 20.6. The van der Waals surface area contributed by atoms with Crippen LogP contribution in [0.15, 0.2) is 23.3 Å². The van der Waals surface area contributed by atoms with E-state index in [0.717, 1.165) is 56.5 Å². The number of nitrogens with one attached hydrogen (secondary N) is 2. The highest BCUT2D eigenvalue weighted by Gasteiger charge is 2.26. The van der Waals surface area contributed by atoms with Crippen molar-refractivity contribution in [2.45, 2.75) is 58.0 Å². The van der Waals surface area contributed by atoms with E-state index in [1.165, 1.54) is 25.3 Å². The van der Waals surface area contributed by atoms with Gasteiger partial charge in [-0.2, -0.15) is 0 Å². The highest BCUT2D eigenvalue weighted by atomic mass is 19.1. The van der Waals surface area contributed by atoms with E-state index in [1.807, 2.05) is 4.90 Å². The van der Waals surface area contributed by atoms with Crippen LogP contribution in [0.3, 0.4) is 0 Å². The molecule has 0 aliphatic carbocycles. The first-order chi connectivity index (χ1) is 14.7. The lowest BCUT2D eigenvalue weighted by Crippen LogP contribution is -2.44. The van der Waals surface area contributed by atoms with Gasteiger partial charge in [0.05, 0.1) is 0 Å². The number of fused-ring (bicyclic) bond motifs is 1. The molecule has 0 radical (unpaired) electrons. The van der Waals surface area contributed by atoms with E-state index in [0.29, 0.717) is 18.9 Å². The molecule has 4 rings (SSSR count). The molecule has 2 aliphatic heterocycles. The van der Waals surface area contributed by atoms with Crippen LogP contribution in [-0.2, 0) is 19.4 Å². The molecule has 8 nitrogen and oxygen atoms in total. The summed E-state index contributed by atoms with van der Waals surface area (Å²) in [6, 6.07) is 3.28. The summed E-state index contributed by atoms with van der Waals surface area (Å²) in [5.41, 5.74) is 0. The summed E-state index contributed by atoms with van der Waals surface area (Å²) in [4.78, 5) is 10.9. The maximum atomic E-state index is 14.0.